The number of nitrogens with zero attached hydrogens (tertiary/aromatic N) is 1. The summed E-state index contributed by atoms with van der Waals surface area (Å²) in [5.74, 6) is -1.20. The molecule has 2 amide bonds. The average Bonchev–Trinajstić information content (AvgIpc) is 2.56. The van der Waals surface area contributed by atoms with Gasteiger partial charge in [-0.25, -0.2) is 15.0 Å². The second-order valence-corrected chi connectivity index (χ2v) is 6.30. The van der Waals surface area contributed by atoms with Crippen LogP contribution in [0.15, 0.2) is 24.3 Å². The minimum atomic E-state index is -0.724. The van der Waals surface area contributed by atoms with Crippen LogP contribution in [0.3, 0.4) is 0 Å². The molecule has 1 rings (SSSR count). The maximum atomic E-state index is 12.0. The lowest BCUT2D eigenvalue weighted by Gasteiger charge is -2.20. The quantitative estimate of drug-likeness (QED) is 0.586. The van der Waals surface area contributed by atoms with E-state index in [2.05, 4.69) is 10.9 Å². The number of hydrogen-bond donors (Lipinski definition) is 2. The van der Waals surface area contributed by atoms with Crippen molar-refractivity contribution in [2.75, 3.05) is 12.5 Å². The highest BCUT2D eigenvalue weighted by molar-refractivity contribution is 5.91. The predicted molar refractivity (Wildman–Crippen MR) is 92.9 cm³/mol. The lowest BCUT2D eigenvalue weighted by molar-refractivity contribution is -0.161. The highest BCUT2D eigenvalue weighted by Gasteiger charge is 2.17. The van der Waals surface area contributed by atoms with Crippen molar-refractivity contribution in [2.45, 2.75) is 39.2 Å². The number of rotatable bonds is 6. The second-order valence-electron chi connectivity index (χ2n) is 6.30. The van der Waals surface area contributed by atoms with Crippen molar-refractivity contribution < 1.29 is 28.8 Å². The van der Waals surface area contributed by atoms with E-state index in [0.29, 0.717) is 12.0 Å². The van der Waals surface area contributed by atoms with Crippen LogP contribution in [-0.4, -0.2) is 42.0 Å². The van der Waals surface area contributed by atoms with Crippen molar-refractivity contribution in [3.8, 4) is 0 Å². The molecular formula is C17H23N3O6. The summed E-state index contributed by atoms with van der Waals surface area (Å²) >= 11 is 0. The van der Waals surface area contributed by atoms with Crippen LogP contribution in [0.5, 0.6) is 0 Å². The van der Waals surface area contributed by atoms with Gasteiger partial charge in [0.05, 0.1) is 11.3 Å². The number of ether oxygens (including phenoxy) is 1. The summed E-state index contributed by atoms with van der Waals surface area (Å²) < 4.78 is 5.07. The van der Waals surface area contributed by atoms with Gasteiger partial charge in [0.1, 0.15) is 11.9 Å². The third-order valence-electron chi connectivity index (χ3n) is 2.88. The molecule has 0 radical (unpaired) electrons. The second kappa shape index (κ2) is 9.40. The van der Waals surface area contributed by atoms with Gasteiger partial charge in [0, 0.05) is 19.9 Å². The molecular weight excluding hydrogens is 342 g/mol. The van der Waals surface area contributed by atoms with Crippen molar-refractivity contribution >= 4 is 29.9 Å². The van der Waals surface area contributed by atoms with Crippen molar-refractivity contribution in [3.05, 3.63) is 29.8 Å². The van der Waals surface area contributed by atoms with Crippen LogP contribution in [0.4, 0.5) is 10.5 Å². The number of nitrogens with one attached hydrogen (secondary N) is 2. The molecule has 0 fully saturated rings. The van der Waals surface area contributed by atoms with Gasteiger partial charge in [-0.2, -0.15) is 5.06 Å². The standard InChI is InChI=1S/C17H23N3O6/c1-17(2,3)25-16(24)19-18-13-9-7-12(8-10-13)15(23)26-20(4)14(22)6-5-11-21/h7-11,18H,5-6H2,1-4H3,(H,19,24). The molecule has 142 valence electrons. The van der Waals surface area contributed by atoms with Crippen LogP contribution in [0.2, 0.25) is 0 Å². The normalized spacial score (nSPS) is 10.5. The third kappa shape index (κ3) is 7.65. The molecule has 1 aromatic carbocycles. The molecule has 9 nitrogen and oxygen atoms in total. The molecule has 9 heteroatoms. The Hall–Kier alpha value is -3.10. The third-order valence-corrected chi connectivity index (χ3v) is 2.88. The number of benzene rings is 1. The number of aldehydes is 1. The summed E-state index contributed by atoms with van der Waals surface area (Å²) in [5, 5.41) is 0.794. The fourth-order valence-electron chi connectivity index (χ4n) is 1.68. The molecule has 0 saturated carbocycles. The molecule has 0 aromatic heterocycles. The van der Waals surface area contributed by atoms with Crippen molar-refractivity contribution in [1.82, 2.24) is 10.5 Å². The van der Waals surface area contributed by atoms with Crippen LogP contribution in [-0.2, 0) is 19.2 Å². The molecule has 0 aliphatic rings. The van der Waals surface area contributed by atoms with Gasteiger partial charge in [-0.05, 0) is 45.0 Å². The molecule has 0 aliphatic carbocycles. The number of hydroxylamine groups is 2. The van der Waals surface area contributed by atoms with E-state index in [1.54, 1.807) is 32.9 Å². The molecule has 0 spiro atoms. The van der Waals surface area contributed by atoms with E-state index in [-0.39, 0.29) is 18.4 Å². The first-order chi connectivity index (χ1) is 12.1. The molecule has 0 saturated heterocycles. The van der Waals surface area contributed by atoms with Gasteiger partial charge in [-0.3, -0.25) is 10.2 Å². The zero-order valence-corrected chi connectivity index (χ0v) is 15.2. The molecule has 0 heterocycles. The van der Waals surface area contributed by atoms with Gasteiger partial charge in [0.2, 0.25) is 0 Å². The van der Waals surface area contributed by atoms with Crippen LogP contribution in [0.1, 0.15) is 44.0 Å². The number of hydrogen-bond acceptors (Lipinski definition) is 7. The fraction of sp³-hybridized carbons (Fsp3) is 0.412. The lowest BCUT2D eigenvalue weighted by Crippen LogP contribution is -2.35. The molecule has 0 aliphatic heterocycles. The predicted octanol–water partition coefficient (Wildman–Crippen LogP) is 2.05. The summed E-state index contributed by atoms with van der Waals surface area (Å²) in [7, 11) is 1.30. The number of hydrazine groups is 1. The summed E-state index contributed by atoms with van der Waals surface area (Å²) in [6.07, 6.45) is -0.000501. The van der Waals surface area contributed by atoms with E-state index in [0.717, 1.165) is 5.06 Å². The Morgan fingerprint density at radius 2 is 1.77 bits per heavy atom. The zero-order chi connectivity index (χ0) is 19.7. The van der Waals surface area contributed by atoms with Crippen LogP contribution in [0, 0.1) is 0 Å². The van der Waals surface area contributed by atoms with E-state index >= 15 is 0 Å². The van der Waals surface area contributed by atoms with Crippen molar-refractivity contribution in [2.24, 2.45) is 0 Å². The van der Waals surface area contributed by atoms with E-state index in [1.165, 1.54) is 19.2 Å². The summed E-state index contributed by atoms with van der Waals surface area (Å²) in [5.41, 5.74) is 5.11. The van der Waals surface area contributed by atoms with Crippen LogP contribution in [0.25, 0.3) is 0 Å². The number of carbonyl (C=O) groups excluding carboxylic acids is 4. The number of carbonyl (C=O) groups is 4. The van der Waals surface area contributed by atoms with Gasteiger partial charge in [-0.1, -0.05) is 0 Å². The Balaban J connectivity index is 2.53. The molecule has 2 N–H and O–H groups in total. The Kier molecular flexibility index (Phi) is 7.57. The lowest BCUT2D eigenvalue weighted by atomic mass is 10.2. The number of anilines is 1. The molecule has 0 atom stereocenters. The molecule has 1 aromatic rings. The Morgan fingerprint density at radius 1 is 1.15 bits per heavy atom. The summed E-state index contributed by atoms with van der Waals surface area (Å²) in [6.45, 7) is 5.23. The van der Waals surface area contributed by atoms with Gasteiger partial charge in [0.15, 0.2) is 0 Å². The molecule has 26 heavy (non-hydrogen) atoms. The highest BCUT2D eigenvalue weighted by Crippen LogP contribution is 2.11. The highest BCUT2D eigenvalue weighted by atomic mass is 16.7. The van der Waals surface area contributed by atoms with Crippen molar-refractivity contribution in [1.29, 1.82) is 0 Å². The zero-order valence-electron chi connectivity index (χ0n) is 15.2. The molecule has 0 unspecified atom stereocenters. The topological polar surface area (TPSA) is 114 Å². The first-order valence-electron chi connectivity index (χ1n) is 7.90. The van der Waals surface area contributed by atoms with Gasteiger partial charge in [0.25, 0.3) is 5.91 Å². The van der Waals surface area contributed by atoms with E-state index in [1.807, 2.05) is 0 Å². The van der Waals surface area contributed by atoms with E-state index < -0.39 is 23.6 Å². The van der Waals surface area contributed by atoms with E-state index in [4.69, 9.17) is 9.57 Å². The smallest absolute Gasteiger partial charge is 0.426 e. The van der Waals surface area contributed by atoms with Gasteiger partial charge < -0.3 is 14.4 Å². The Labute approximate surface area is 151 Å². The minimum absolute atomic E-state index is 0.0352. The first kappa shape index (κ1) is 20.9. The van der Waals surface area contributed by atoms with E-state index in [9.17, 15) is 19.2 Å². The van der Waals surface area contributed by atoms with Gasteiger partial charge in [-0.15, -0.1) is 0 Å². The maximum absolute atomic E-state index is 12.0. The van der Waals surface area contributed by atoms with Crippen molar-refractivity contribution in [3.63, 3.8) is 0 Å². The van der Waals surface area contributed by atoms with Gasteiger partial charge >= 0.3 is 12.1 Å². The molecule has 0 bridgehead atoms. The first-order valence-corrected chi connectivity index (χ1v) is 7.90. The van der Waals surface area contributed by atoms with Crippen LogP contribution < -0.4 is 10.9 Å². The number of amides is 2. The minimum Gasteiger partial charge on any atom is -0.443 e. The Bertz CT molecular complexity index is 651. The Morgan fingerprint density at radius 3 is 2.31 bits per heavy atom. The SMILES string of the molecule is CN(OC(=O)c1ccc(NNC(=O)OC(C)(C)C)cc1)C(=O)CCC=O. The monoisotopic (exact) mass is 365 g/mol. The average molecular weight is 365 g/mol. The summed E-state index contributed by atoms with van der Waals surface area (Å²) in [6, 6.07) is 6.01. The fourth-order valence-corrected chi connectivity index (χ4v) is 1.68. The maximum Gasteiger partial charge on any atom is 0.426 e. The van der Waals surface area contributed by atoms with Crippen LogP contribution >= 0.6 is 0 Å². The summed E-state index contributed by atoms with van der Waals surface area (Å²) in [4.78, 5) is 50.3. The largest absolute Gasteiger partial charge is 0.443 e.